The van der Waals surface area contributed by atoms with Crippen LogP contribution in [0.1, 0.15) is 41.3 Å². The van der Waals surface area contributed by atoms with Gasteiger partial charge >= 0.3 is 0 Å². The fourth-order valence-electron chi connectivity index (χ4n) is 4.38. The van der Waals surface area contributed by atoms with E-state index in [0.29, 0.717) is 23.3 Å². The lowest BCUT2D eigenvalue weighted by Crippen LogP contribution is -2.34. The number of benzene rings is 2. The van der Waals surface area contributed by atoms with Gasteiger partial charge in [-0.15, -0.1) is 0 Å². The van der Waals surface area contributed by atoms with Crippen LogP contribution in [0.25, 0.3) is 11.5 Å². The maximum Gasteiger partial charge on any atom is 0.226 e. The Morgan fingerprint density at radius 3 is 2.63 bits per heavy atom. The molecule has 158 valence electrons. The van der Waals surface area contributed by atoms with Gasteiger partial charge in [0, 0.05) is 18.7 Å². The van der Waals surface area contributed by atoms with E-state index in [1.807, 2.05) is 25.1 Å². The maximum absolute atomic E-state index is 6.01. The number of hydrogen-bond acceptors (Lipinski definition) is 5. The number of oxazole rings is 1. The second kappa shape index (κ2) is 8.92. The van der Waals surface area contributed by atoms with Gasteiger partial charge in [-0.2, -0.15) is 0 Å². The number of ether oxygens (including phenoxy) is 2. The van der Waals surface area contributed by atoms with Crippen molar-refractivity contribution < 1.29 is 13.9 Å². The summed E-state index contributed by atoms with van der Waals surface area (Å²) in [6.45, 7) is 7.18. The van der Waals surface area contributed by atoms with Gasteiger partial charge in [0.2, 0.25) is 5.89 Å². The van der Waals surface area contributed by atoms with Crippen LogP contribution in [-0.2, 0) is 6.54 Å². The highest BCUT2D eigenvalue weighted by Crippen LogP contribution is 2.34. The predicted molar refractivity (Wildman–Crippen MR) is 118 cm³/mol. The van der Waals surface area contributed by atoms with Crippen molar-refractivity contribution in [1.29, 1.82) is 0 Å². The van der Waals surface area contributed by atoms with Crippen molar-refractivity contribution in [2.45, 2.75) is 39.2 Å². The number of likely N-dealkylation sites (tertiary alicyclic amines) is 1. The molecule has 3 aromatic rings. The van der Waals surface area contributed by atoms with Crippen molar-refractivity contribution in [3.05, 3.63) is 65.0 Å². The van der Waals surface area contributed by atoms with Crippen LogP contribution in [-0.4, -0.2) is 37.2 Å². The summed E-state index contributed by atoms with van der Waals surface area (Å²) < 4.78 is 16.8. The SMILES string of the molecule is COc1ccc(-c2nc(CN3CCC[C@H](c4ccccc4C)C3)c(C)o2)cc1OC. The van der Waals surface area contributed by atoms with Crippen molar-refractivity contribution in [3.8, 4) is 23.0 Å². The van der Waals surface area contributed by atoms with Gasteiger partial charge in [-0.1, -0.05) is 24.3 Å². The zero-order valence-electron chi connectivity index (χ0n) is 18.3. The molecule has 1 aliphatic heterocycles. The summed E-state index contributed by atoms with van der Waals surface area (Å²) in [4.78, 5) is 7.32. The highest BCUT2D eigenvalue weighted by molar-refractivity contribution is 5.60. The van der Waals surface area contributed by atoms with E-state index in [9.17, 15) is 0 Å². The number of nitrogens with zero attached hydrogens (tertiary/aromatic N) is 2. The molecule has 5 nitrogen and oxygen atoms in total. The molecule has 0 saturated carbocycles. The Hall–Kier alpha value is -2.79. The molecule has 1 aliphatic rings. The Labute approximate surface area is 178 Å². The summed E-state index contributed by atoms with van der Waals surface area (Å²) in [5, 5.41) is 0. The summed E-state index contributed by atoms with van der Waals surface area (Å²) >= 11 is 0. The van der Waals surface area contributed by atoms with Crippen molar-refractivity contribution in [2.75, 3.05) is 27.3 Å². The minimum absolute atomic E-state index is 0.581. The van der Waals surface area contributed by atoms with Crippen molar-refractivity contribution in [3.63, 3.8) is 0 Å². The smallest absolute Gasteiger partial charge is 0.226 e. The molecule has 1 saturated heterocycles. The lowest BCUT2D eigenvalue weighted by atomic mass is 9.88. The lowest BCUT2D eigenvalue weighted by Gasteiger charge is -2.33. The molecule has 0 aliphatic carbocycles. The number of methoxy groups -OCH3 is 2. The number of piperidine rings is 1. The molecule has 0 amide bonds. The Balaban J connectivity index is 1.51. The fraction of sp³-hybridized carbons (Fsp3) is 0.400. The van der Waals surface area contributed by atoms with Crippen LogP contribution in [0.3, 0.4) is 0 Å². The summed E-state index contributed by atoms with van der Waals surface area (Å²) in [5.41, 5.74) is 4.76. The molecule has 2 aromatic carbocycles. The summed E-state index contributed by atoms with van der Waals surface area (Å²) in [5.74, 6) is 3.44. The first-order valence-electron chi connectivity index (χ1n) is 10.6. The van der Waals surface area contributed by atoms with Gasteiger partial charge in [0.25, 0.3) is 0 Å². The zero-order chi connectivity index (χ0) is 21.1. The average molecular weight is 407 g/mol. The fourth-order valence-corrected chi connectivity index (χ4v) is 4.38. The Morgan fingerprint density at radius 1 is 1.07 bits per heavy atom. The molecule has 30 heavy (non-hydrogen) atoms. The number of rotatable bonds is 6. The van der Waals surface area contributed by atoms with Gasteiger partial charge < -0.3 is 13.9 Å². The molecule has 0 bridgehead atoms. The van der Waals surface area contributed by atoms with Crippen LogP contribution < -0.4 is 9.47 Å². The molecule has 0 radical (unpaired) electrons. The largest absolute Gasteiger partial charge is 0.493 e. The van der Waals surface area contributed by atoms with E-state index in [0.717, 1.165) is 36.7 Å². The van der Waals surface area contributed by atoms with Gasteiger partial charge in [0.1, 0.15) is 5.76 Å². The minimum Gasteiger partial charge on any atom is -0.493 e. The highest BCUT2D eigenvalue weighted by atomic mass is 16.5. The van der Waals surface area contributed by atoms with E-state index < -0.39 is 0 Å². The summed E-state index contributed by atoms with van der Waals surface area (Å²) in [7, 11) is 3.27. The molecule has 1 fully saturated rings. The standard InChI is InChI=1S/C25H30N2O3/c1-17-8-5-6-10-21(17)20-9-7-13-27(15-20)16-22-18(2)30-25(26-22)19-11-12-23(28-3)24(14-19)29-4/h5-6,8,10-12,14,20H,7,9,13,15-16H2,1-4H3/t20-/m0/s1. The summed E-state index contributed by atoms with van der Waals surface area (Å²) in [6, 6.07) is 14.5. The number of hydrogen-bond donors (Lipinski definition) is 0. The molecule has 1 atom stereocenters. The van der Waals surface area contributed by atoms with E-state index in [1.165, 1.54) is 24.0 Å². The van der Waals surface area contributed by atoms with Gasteiger partial charge in [-0.3, -0.25) is 4.90 Å². The van der Waals surface area contributed by atoms with Crippen molar-refractivity contribution in [1.82, 2.24) is 9.88 Å². The van der Waals surface area contributed by atoms with Crippen LogP contribution in [0.4, 0.5) is 0 Å². The number of aryl methyl sites for hydroxylation is 2. The second-order valence-electron chi connectivity index (χ2n) is 8.02. The Kier molecular flexibility index (Phi) is 6.09. The van der Waals surface area contributed by atoms with E-state index >= 15 is 0 Å². The van der Waals surface area contributed by atoms with Crippen LogP contribution in [0.15, 0.2) is 46.9 Å². The van der Waals surface area contributed by atoms with Gasteiger partial charge in [0.15, 0.2) is 11.5 Å². The van der Waals surface area contributed by atoms with Gasteiger partial charge in [-0.05, 0) is 68.5 Å². The number of aromatic nitrogens is 1. The normalized spacial score (nSPS) is 17.1. The molecule has 0 spiro atoms. The van der Waals surface area contributed by atoms with Crippen LogP contribution >= 0.6 is 0 Å². The van der Waals surface area contributed by atoms with Crippen LogP contribution in [0, 0.1) is 13.8 Å². The molecule has 1 aromatic heterocycles. The third-order valence-corrected chi connectivity index (χ3v) is 6.03. The minimum atomic E-state index is 0.581. The average Bonchev–Trinajstić information content (AvgIpc) is 3.14. The van der Waals surface area contributed by atoms with Gasteiger partial charge in [0.05, 0.1) is 19.9 Å². The van der Waals surface area contributed by atoms with E-state index in [1.54, 1.807) is 14.2 Å². The van der Waals surface area contributed by atoms with Crippen LogP contribution in [0.5, 0.6) is 11.5 Å². The quantitative estimate of drug-likeness (QED) is 0.552. The monoisotopic (exact) mass is 406 g/mol. The first-order chi connectivity index (χ1) is 14.6. The van der Waals surface area contributed by atoms with E-state index in [4.69, 9.17) is 18.9 Å². The Morgan fingerprint density at radius 2 is 1.87 bits per heavy atom. The molecule has 2 heterocycles. The second-order valence-corrected chi connectivity index (χ2v) is 8.02. The molecule has 0 N–H and O–H groups in total. The molecular weight excluding hydrogens is 376 g/mol. The van der Waals surface area contributed by atoms with Crippen molar-refractivity contribution in [2.24, 2.45) is 0 Å². The first kappa shape index (κ1) is 20.5. The van der Waals surface area contributed by atoms with Crippen molar-refractivity contribution >= 4 is 0 Å². The van der Waals surface area contributed by atoms with Gasteiger partial charge in [-0.25, -0.2) is 4.98 Å². The molecular formula is C25H30N2O3. The van der Waals surface area contributed by atoms with E-state index in [2.05, 4.69) is 36.1 Å². The first-order valence-corrected chi connectivity index (χ1v) is 10.6. The van der Waals surface area contributed by atoms with E-state index in [-0.39, 0.29) is 0 Å². The lowest BCUT2D eigenvalue weighted by molar-refractivity contribution is 0.197. The summed E-state index contributed by atoms with van der Waals surface area (Å²) in [6.07, 6.45) is 2.45. The third-order valence-electron chi connectivity index (χ3n) is 6.03. The highest BCUT2D eigenvalue weighted by Gasteiger charge is 2.24. The molecule has 4 rings (SSSR count). The Bertz CT molecular complexity index is 1010. The zero-order valence-corrected chi connectivity index (χ0v) is 18.3. The molecule has 5 heteroatoms. The molecule has 0 unspecified atom stereocenters. The maximum atomic E-state index is 6.01. The van der Waals surface area contributed by atoms with Crippen LogP contribution in [0.2, 0.25) is 0 Å². The third kappa shape index (κ3) is 4.21. The predicted octanol–water partition coefficient (Wildman–Crippen LogP) is 5.36. The topological polar surface area (TPSA) is 47.7 Å².